The number of hydrogen-bond acceptors (Lipinski definition) is 3. The highest BCUT2D eigenvalue weighted by atomic mass is 32.1. The van der Waals surface area contributed by atoms with Gasteiger partial charge in [-0.3, -0.25) is 0 Å². The summed E-state index contributed by atoms with van der Waals surface area (Å²) < 4.78 is 0.726. The van der Waals surface area contributed by atoms with Crippen molar-refractivity contribution in [2.75, 3.05) is 20.6 Å². The van der Waals surface area contributed by atoms with E-state index in [1.54, 1.807) is 0 Å². The molecule has 0 saturated heterocycles. The smallest absolute Gasteiger partial charge is 0.129 e. The van der Waals surface area contributed by atoms with Crippen LogP contribution >= 0.6 is 12.2 Å². The highest BCUT2D eigenvalue weighted by Gasteiger charge is 2.24. The Hall–Kier alpha value is -0.740. The first-order valence-corrected chi connectivity index (χ1v) is 5.81. The van der Waals surface area contributed by atoms with Crippen LogP contribution in [0.25, 0.3) is 0 Å². The fourth-order valence-electron chi connectivity index (χ4n) is 1.59. The van der Waals surface area contributed by atoms with Crippen LogP contribution in [0.3, 0.4) is 0 Å². The van der Waals surface area contributed by atoms with Gasteiger partial charge in [0.25, 0.3) is 0 Å². The molecule has 4 heteroatoms. The summed E-state index contributed by atoms with van der Waals surface area (Å²) >= 11 is 5.17. The Kier molecular flexibility index (Phi) is 3.17. The molecule has 3 nitrogen and oxygen atoms in total. The molecule has 0 bridgehead atoms. The van der Waals surface area contributed by atoms with E-state index in [2.05, 4.69) is 29.0 Å². The number of H-pyrrole nitrogens is 1. The van der Waals surface area contributed by atoms with Gasteiger partial charge in [-0.25, -0.2) is 4.98 Å². The first kappa shape index (κ1) is 10.8. The molecule has 1 saturated carbocycles. The number of rotatable bonds is 4. The molecule has 15 heavy (non-hydrogen) atoms. The molecule has 2 rings (SSSR count). The molecule has 1 aliphatic carbocycles. The van der Waals surface area contributed by atoms with Gasteiger partial charge in [0, 0.05) is 18.7 Å². The Morgan fingerprint density at radius 1 is 1.53 bits per heavy atom. The monoisotopic (exact) mass is 223 g/mol. The van der Waals surface area contributed by atoms with E-state index in [-0.39, 0.29) is 0 Å². The van der Waals surface area contributed by atoms with Gasteiger partial charge in [0.2, 0.25) is 0 Å². The zero-order valence-electron chi connectivity index (χ0n) is 9.29. The standard InChI is InChI=1S/C11H17N3S/c1-14(2)6-5-10-12-9(8-3-4-8)7-11(15)13-10/h7-8H,3-6H2,1-2H3,(H,12,13,15). The van der Waals surface area contributed by atoms with Crippen molar-refractivity contribution in [1.29, 1.82) is 0 Å². The molecular weight excluding hydrogens is 206 g/mol. The van der Waals surface area contributed by atoms with Gasteiger partial charge in [0.15, 0.2) is 0 Å². The van der Waals surface area contributed by atoms with E-state index in [1.807, 2.05) is 6.07 Å². The van der Waals surface area contributed by atoms with Crippen LogP contribution in [0.1, 0.15) is 30.3 Å². The molecule has 0 atom stereocenters. The molecular formula is C11H17N3S. The van der Waals surface area contributed by atoms with Crippen molar-refractivity contribution in [1.82, 2.24) is 14.9 Å². The van der Waals surface area contributed by atoms with Gasteiger partial charge in [-0.15, -0.1) is 0 Å². The minimum atomic E-state index is 0.716. The van der Waals surface area contributed by atoms with Crippen molar-refractivity contribution in [3.05, 3.63) is 22.2 Å². The summed E-state index contributed by atoms with van der Waals surface area (Å²) in [6, 6.07) is 2.01. The van der Waals surface area contributed by atoms with Gasteiger partial charge < -0.3 is 9.88 Å². The van der Waals surface area contributed by atoms with E-state index < -0.39 is 0 Å². The molecule has 1 fully saturated rings. The first-order valence-electron chi connectivity index (χ1n) is 5.40. The van der Waals surface area contributed by atoms with Crippen LogP contribution in [0.2, 0.25) is 0 Å². The first-order chi connectivity index (χ1) is 7.15. The van der Waals surface area contributed by atoms with Crippen LogP contribution in [-0.2, 0) is 6.42 Å². The molecule has 1 aromatic heterocycles. The quantitative estimate of drug-likeness (QED) is 0.793. The molecule has 0 aliphatic heterocycles. The van der Waals surface area contributed by atoms with Crippen molar-refractivity contribution < 1.29 is 0 Å². The summed E-state index contributed by atoms with van der Waals surface area (Å²) in [6.07, 6.45) is 3.53. The van der Waals surface area contributed by atoms with E-state index in [4.69, 9.17) is 12.2 Å². The summed E-state index contributed by atoms with van der Waals surface area (Å²) in [7, 11) is 4.14. The van der Waals surface area contributed by atoms with Gasteiger partial charge in [-0.1, -0.05) is 12.2 Å². The molecule has 1 aromatic rings. The normalized spacial score (nSPS) is 15.9. The molecule has 0 aromatic carbocycles. The second kappa shape index (κ2) is 4.41. The van der Waals surface area contributed by atoms with Gasteiger partial charge in [-0.2, -0.15) is 0 Å². The predicted molar refractivity (Wildman–Crippen MR) is 63.7 cm³/mol. The maximum Gasteiger partial charge on any atom is 0.129 e. The average Bonchev–Trinajstić information content (AvgIpc) is 2.97. The minimum absolute atomic E-state index is 0.716. The maximum atomic E-state index is 5.17. The summed E-state index contributed by atoms with van der Waals surface area (Å²) in [4.78, 5) is 9.90. The van der Waals surface area contributed by atoms with Crippen LogP contribution in [0, 0.1) is 4.64 Å². The summed E-state index contributed by atoms with van der Waals surface area (Å²) in [6.45, 7) is 1.01. The lowest BCUT2D eigenvalue weighted by atomic mass is 10.2. The lowest BCUT2D eigenvalue weighted by Gasteiger charge is -2.09. The number of likely N-dealkylation sites (N-methyl/N-ethyl adjacent to an activating group) is 1. The number of nitrogens with zero attached hydrogens (tertiary/aromatic N) is 2. The van der Waals surface area contributed by atoms with Gasteiger partial charge >= 0.3 is 0 Å². The fourth-order valence-corrected chi connectivity index (χ4v) is 1.83. The number of hydrogen-bond donors (Lipinski definition) is 1. The van der Waals surface area contributed by atoms with E-state index in [1.165, 1.54) is 18.5 Å². The van der Waals surface area contributed by atoms with E-state index in [0.717, 1.165) is 23.4 Å². The van der Waals surface area contributed by atoms with Crippen LogP contribution in [0.15, 0.2) is 6.07 Å². The third-order valence-electron chi connectivity index (χ3n) is 2.63. The lowest BCUT2D eigenvalue weighted by Crippen LogP contribution is -2.16. The van der Waals surface area contributed by atoms with Crippen LogP contribution in [0.4, 0.5) is 0 Å². The van der Waals surface area contributed by atoms with Crippen LogP contribution < -0.4 is 0 Å². The summed E-state index contributed by atoms with van der Waals surface area (Å²) in [5.74, 6) is 1.74. The van der Waals surface area contributed by atoms with Crippen LogP contribution in [0.5, 0.6) is 0 Å². The lowest BCUT2D eigenvalue weighted by molar-refractivity contribution is 0.409. The second-order valence-corrected chi connectivity index (χ2v) is 4.87. The number of nitrogens with one attached hydrogen (secondary N) is 1. The van der Waals surface area contributed by atoms with Gasteiger partial charge in [-0.05, 0) is 38.9 Å². The summed E-state index contributed by atoms with van der Waals surface area (Å²) in [5, 5.41) is 0. The maximum absolute atomic E-state index is 5.17. The van der Waals surface area contributed by atoms with E-state index in [9.17, 15) is 0 Å². The summed E-state index contributed by atoms with van der Waals surface area (Å²) in [5.41, 5.74) is 1.28. The number of aromatic amines is 1. The Morgan fingerprint density at radius 2 is 2.27 bits per heavy atom. The SMILES string of the molecule is CN(C)CCc1nc(=S)cc(C2CC2)[nH]1. The van der Waals surface area contributed by atoms with Crippen molar-refractivity contribution in [3.8, 4) is 0 Å². The van der Waals surface area contributed by atoms with Crippen molar-refractivity contribution in [2.45, 2.75) is 25.2 Å². The minimum Gasteiger partial charge on any atom is -0.347 e. The Labute approximate surface area is 95.5 Å². The Bertz CT molecular complexity index is 393. The zero-order chi connectivity index (χ0) is 10.8. The number of aromatic nitrogens is 2. The molecule has 0 amide bonds. The second-order valence-electron chi connectivity index (χ2n) is 4.45. The van der Waals surface area contributed by atoms with E-state index >= 15 is 0 Å². The van der Waals surface area contributed by atoms with Crippen molar-refractivity contribution >= 4 is 12.2 Å². The molecule has 1 N–H and O–H groups in total. The molecule has 82 valence electrons. The zero-order valence-corrected chi connectivity index (χ0v) is 10.1. The Morgan fingerprint density at radius 3 is 2.87 bits per heavy atom. The Balaban J connectivity index is 2.12. The van der Waals surface area contributed by atoms with E-state index in [0.29, 0.717) is 5.92 Å². The van der Waals surface area contributed by atoms with Crippen molar-refractivity contribution in [3.63, 3.8) is 0 Å². The van der Waals surface area contributed by atoms with Gasteiger partial charge in [0.05, 0.1) is 0 Å². The third-order valence-corrected chi connectivity index (χ3v) is 2.83. The third kappa shape index (κ3) is 3.11. The largest absolute Gasteiger partial charge is 0.347 e. The van der Waals surface area contributed by atoms with Gasteiger partial charge in [0.1, 0.15) is 10.5 Å². The predicted octanol–water partition coefficient (Wildman–Crippen LogP) is 2.12. The molecule has 0 unspecified atom stereocenters. The topological polar surface area (TPSA) is 31.9 Å². The fraction of sp³-hybridized carbons (Fsp3) is 0.636. The molecule has 0 spiro atoms. The highest BCUT2D eigenvalue weighted by molar-refractivity contribution is 7.71. The average molecular weight is 223 g/mol. The molecule has 1 aliphatic rings. The highest BCUT2D eigenvalue weighted by Crippen LogP contribution is 2.38. The van der Waals surface area contributed by atoms with Crippen LogP contribution in [-0.4, -0.2) is 35.5 Å². The van der Waals surface area contributed by atoms with Crippen molar-refractivity contribution in [2.24, 2.45) is 0 Å². The molecule has 0 radical (unpaired) electrons. The molecule has 1 heterocycles.